The van der Waals surface area contributed by atoms with E-state index < -0.39 is 0 Å². The zero-order valence-electron chi connectivity index (χ0n) is 13.6. The second-order valence-corrected chi connectivity index (χ2v) is 6.27. The second kappa shape index (κ2) is 6.11. The molecular weight excluding hydrogens is 303 g/mol. The molecule has 122 valence electrons. The van der Waals surface area contributed by atoms with Gasteiger partial charge in [-0.15, -0.1) is 0 Å². The molecule has 0 spiro atoms. The molecule has 1 aromatic heterocycles. The Morgan fingerprint density at radius 2 is 2.00 bits per heavy atom. The molecule has 4 rings (SSSR count). The number of nitrogens with one attached hydrogen (secondary N) is 1. The van der Waals surface area contributed by atoms with Gasteiger partial charge in [-0.2, -0.15) is 9.49 Å². The summed E-state index contributed by atoms with van der Waals surface area (Å²) in [4.78, 5) is 0. The van der Waals surface area contributed by atoms with Gasteiger partial charge < -0.3 is 4.74 Å². The number of ether oxygens (including phenoxy) is 1. The number of nitrogens with zero attached hydrogens (tertiary/aromatic N) is 1. The van der Waals surface area contributed by atoms with E-state index in [0.717, 1.165) is 11.3 Å². The third kappa shape index (κ3) is 2.68. The standard InChI is InChI=1S/C20H19FN2O/c1-24-16-8-6-15(7-9-16)17(14-3-2-4-14)11-13-5-10-19-18(12-13)20(21)23-22-19/h5-12,14H,2-4H2,1H3,(H,22,23)/b17-11+. The molecule has 24 heavy (non-hydrogen) atoms. The molecule has 1 aliphatic rings. The Balaban J connectivity index is 1.76. The number of fused-ring (bicyclic) bond motifs is 1. The number of hydrogen-bond donors (Lipinski definition) is 1. The summed E-state index contributed by atoms with van der Waals surface area (Å²) >= 11 is 0. The van der Waals surface area contributed by atoms with Crippen molar-refractivity contribution < 1.29 is 9.13 Å². The Morgan fingerprint density at radius 3 is 2.67 bits per heavy atom. The Hall–Kier alpha value is -2.62. The molecule has 3 nitrogen and oxygen atoms in total. The quantitative estimate of drug-likeness (QED) is 0.682. The largest absolute Gasteiger partial charge is 0.497 e. The first kappa shape index (κ1) is 14.9. The van der Waals surface area contributed by atoms with Crippen LogP contribution in [0.4, 0.5) is 4.39 Å². The van der Waals surface area contributed by atoms with Crippen molar-refractivity contribution in [3.63, 3.8) is 0 Å². The number of aromatic amines is 1. The Morgan fingerprint density at radius 1 is 1.21 bits per heavy atom. The topological polar surface area (TPSA) is 37.9 Å². The van der Waals surface area contributed by atoms with Gasteiger partial charge in [-0.25, -0.2) is 0 Å². The molecule has 0 bridgehead atoms. The first-order valence-corrected chi connectivity index (χ1v) is 8.24. The highest BCUT2D eigenvalue weighted by Gasteiger charge is 2.23. The summed E-state index contributed by atoms with van der Waals surface area (Å²) in [6.07, 6.45) is 5.87. The van der Waals surface area contributed by atoms with Gasteiger partial charge in [0.1, 0.15) is 5.75 Å². The molecule has 1 heterocycles. The summed E-state index contributed by atoms with van der Waals surface area (Å²) < 4.78 is 19.0. The molecular formula is C20H19FN2O. The third-order valence-corrected chi connectivity index (χ3v) is 4.82. The van der Waals surface area contributed by atoms with Crippen LogP contribution in [0.15, 0.2) is 42.5 Å². The van der Waals surface area contributed by atoms with Crippen molar-refractivity contribution >= 4 is 22.6 Å². The third-order valence-electron chi connectivity index (χ3n) is 4.82. The van der Waals surface area contributed by atoms with Gasteiger partial charge >= 0.3 is 0 Å². The highest BCUT2D eigenvalue weighted by atomic mass is 19.1. The lowest BCUT2D eigenvalue weighted by atomic mass is 9.76. The number of allylic oxidation sites excluding steroid dienone is 1. The lowest BCUT2D eigenvalue weighted by Gasteiger charge is -2.29. The average Bonchev–Trinajstić information content (AvgIpc) is 2.94. The number of aromatic nitrogens is 2. The Bertz CT molecular complexity index is 892. The molecule has 4 heteroatoms. The van der Waals surface area contributed by atoms with E-state index in [4.69, 9.17) is 4.74 Å². The van der Waals surface area contributed by atoms with E-state index in [1.807, 2.05) is 30.3 Å². The van der Waals surface area contributed by atoms with Crippen molar-refractivity contribution in [3.8, 4) is 5.75 Å². The number of hydrogen-bond acceptors (Lipinski definition) is 2. The summed E-state index contributed by atoms with van der Waals surface area (Å²) in [5, 5.41) is 6.87. The zero-order valence-corrected chi connectivity index (χ0v) is 13.6. The van der Waals surface area contributed by atoms with Crippen LogP contribution in [0, 0.1) is 11.9 Å². The van der Waals surface area contributed by atoms with E-state index in [1.54, 1.807) is 7.11 Å². The van der Waals surface area contributed by atoms with E-state index in [0.29, 0.717) is 16.8 Å². The van der Waals surface area contributed by atoms with Crippen LogP contribution in [0.1, 0.15) is 30.4 Å². The molecule has 0 amide bonds. The van der Waals surface area contributed by atoms with Crippen LogP contribution >= 0.6 is 0 Å². The molecule has 1 fully saturated rings. The number of H-pyrrole nitrogens is 1. The minimum absolute atomic E-state index is 0.380. The molecule has 1 aliphatic carbocycles. The molecule has 0 radical (unpaired) electrons. The van der Waals surface area contributed by atoms with Crippen LogP contribution in [0.5, 0.6) is 5.75 Å². The van der Waals surface area contributed by atoms with Crippen LogP contribution in [0.3, 0.4) is 0 Å². The van der Waals surface area contributed by atoms with Crippen molar-refractivity contribution in [3.05, 3.63) is 59.5 Å². The van der Waals surface area contributed by atoms with Gasteiger partial charge in [-0.3, -0.25) is 5.10 Å². The Labute approximate surface area is 140 Å². The van der Waals surface area contributed by atoms with Gasteiger partial charge in [0.25, 0.3) is 0 Å². The van der Waals surface area contributed by atoms with Gasteiger partial charge in [0.2, 0.25) is 5.95 Å². The lowest BCUT2D eigenvalue weighted by Crippen LogP contribution is -2.13. The monoisotopic (exact) mass is 322 g/mol. The summed E-state index contributed by atoms with van der Waals surface area (Å²) in [6.45, 7) is 0. The predicted octanol–water partition coefficient (Wildman–Crippen LogP) is 5.05. The van der Waals surface area contributed by atoms with Crippen molar-refractivity contribution in [1.29, 1.82) is 0 Å². The van der Waals surface area contributed by atoms with Crippen molar-refractivity contribution in [2.45, 2.75) is 19.3 Å². The van der Waals surface area contributed by atoms with E-state index >= 15 is 0 Å². The minimum Gasteiger partial charge on any atom is -0.497 e. The van der Waals surface area contributed by atoms with Crippen molar-refractivity contribution in [2.24, 2.45) is 5.92 Å². The zero-order chi connectivity index (χ0) is 16.5. The molecule has 1 saturated carbocycles. The number of methoxy groups -OCH3 is 1. The van der Waals surface area contributed by atoms with Gasteiger partial charge in [0.05, 0.1) is 18.0 Å². The maximum atomic E-state index is 13.8. The predicted molar refractivity (Wildman–Crippen MR) is 94.3 cm³/mol. The number of halogens is 1. The van der Waals surface area contributed by atoms with E-state index in [2.05, 4.69) is 28.4 Å². The van der Waals surface area contributed by atoms with Crippen LogP contribution in [0.2, 0.25) is 0 Å². The minimum atomic E-state index is -0.380. The van der Waals surface area contributed by atoms with E-state index in [-0.39, 0.29) is 5.95 Å². The van der Waals surface area contributed by atoms with Gasteiger partial charge in [-0.1, -0.05) is 30.7 Å². The normalized spacial score (nSPS) is 15.5. The SMILES string of the molecule is COc1ccc(/C(=C/c2ccc3n[nH]c(F)c3c2)C2CCC2)cc1. The summed E-state index contributed by atoms with van der Waals surface area (Å²) in [5.74, 6) is 1.05. The van der Waals surface area contributed by atoms with Crippen LogP contribution in [-0.2, 0) is 0 Å². The average molecular weight is 322 g/mol. The fourth-order valence-corrected chi connectivity index (χ4v) is 3.21. The summed E-state index contributed by atoms with van der Waals surface area (Å²) in [6, 6.07) is 13.9. The van der Waals surface area contributed by atoms with Gasteiger partial charge in [0, 0.05) is 0 Å². The first-order chi connectivity index (χ1) is 11.7. The van der Waals surface area contributed by atoms with Crippen LogP contribution < -0.4 is 4.74 Å². The highest BCUT2D eigenvalue weighted by Crippen LogP contribution is 2.40. The molecule has 0 atom stereocenters. The maximum Gasteiger partial charge on any atom is 0.216 e. The summed E-state index contributed by atoms with van der Waals surface area (Å²) in [5.41, 5.74) is 4.17. The number of rotatable bonds is 4. The van der Waals surface area contributed by atoms with Crippen molar-refractivity contribution in [1.82, 2.24) is 10.2 Å². The highest BCUT2D eigenvalue weighted by molar-refractivity contribution is 5.87. The van der Waals surface area contributed by atoms with Crippen LogP contribution in [0.25, 0.3) is 22.6 Å². The second-order valence-electron chi connectivity index (χ2n) is 6.27. The summed E-state index contributed by atoms with van der Waals surface area (Å²) in [7, 11) is 1.67. The fourth-order valence-electron chi connectivity index (χ4n) is 3.21. The maximum absolute atomic E-state index is 13.8. The van der Waals surface area contributed by atoms with Gasteiger partial charge in [-0.05, 0) is 59.7 Å². The molecule has 0 unspecified atom stereocenters. The van der Waals surface area contributed by atoms with Crippen molar-refractivity contribution in [2.75, 3.05) is 7.11 Å². The van der Waals surface area contributed by atoms with E-state index in [9.17, 15) is 4.39 Å². The molecule has 2 aromatic carbocycles. The molecule has 0 aliphatic heterocycles. The van der Waals surface area contributed by atoms with Crippen LogP contribution in [-0.4, -0.2) is 17.3 Å². The Kier molecular flexibility index (Phi) is 3.81. The molecule has 3 aromatic rings. The lowest BCUT2D eigenvalue weighted by molar-refractivity contribution is 0.401. The van der Waals surface area contributed by atoms with E-state index in [1.165, 1.54) is 30.4 Å². The molecule has 0 saturated heterocycles. The van der Waals surface area contributed by atoms with Gasteiger partial charge in [0.15, 0.2) is 0 Å². The number of benzene rings is 2. The molecule has 1 N–H and O–H groups in total. The smallest absolute Gasteiger partial charge is 0.216 e. The fraction of sp³-hybridized carbons (Fsp3) is 0.250. The first-order valence-electron chi connectivity index (χ1n) is 8.24.